The number of H-pyrrole nitrogens is 1. The van der Waals surface area contributed by atoms with Crippen LogP contribution in [-0.2, 0) is 13.0 Å². The standard InChI is InChI=1S/C23H27N7/c1-2-3-8-22-26-15-19(28-22)16-30-12-5-7-21(30)20-6-4-9-23(29-20)27-18-11-10-17(13-24)25-14-18/h4,6,9-11,14-15,21H,2-3,5,7-8,12,16H2,1H3,(H,26,28)(H,27,29)/t21-/m1/s1. The Kier molecular flexibility index (Phi) is 6.35. The number of nitriles is 1. The van der Waals surface area contributed by atoms with Crippen molar-refractivity contribution in [3.63, 3.8) is 0 Å². The lowest BCUT2D eigenvalue weighted by molar-refractivity contribution is 0.242. The maximum atomic E-state index is 8.89. The second-order valence-electron chi connectivity index (χ2n) is 7.70. The van der Waals surface area contributed by atoms with Gasteiger partial charge in [0, 0.05) is 24.9 Å². The molecule has 0 spiro atoms. The molecule has 30 heavy (non-hydrogen) atoms. The zero-order chi connectivity index (χ0) is 20.8. The highest BCUT2D eigenvalue weighted by atomic mass is 15.2. The molecule has 0 bridgehead atoms. The summed E-state index contributed by atoms with van der Waals surface area (Å²) < 4.78 is 0. The van der Waals surface area contributed by atoms with E-state index >= 15 is 0 Å². The predicted octanol–water partition coefficient (Wildman–Crippen LogP) is 4.49. The van der Waals surface area contributed by atoms with Gasteiger partial charge in [-0.15, -0.1) is 0 Å². The van der Waals surface area contributed by atoms with Crippen molar-refractivity contribution in [1.29, 1.82) is 5.26 Å². The molecule has 0 aromatic carbocycles. The summed E-state index contributed by atoms with van der Waals surface area (Å²) in [4.78, 5) is 19.5. The quantitative estimate of drug-likeness (QED) is 0.577. The molecule has 0 amide bonds. The van der Waals surface area contributed by atoms with E-state index in [1.54, 1.807) is 12.3 Å². The monoisotopic (exact) mass is 401 g/mol. The molecule has 0 saturated carbocycles. The molecule has 1 saturated heterocycles. The fourth-order valence-electron chi connectivity index (χ4n) is 3.91. The minimum atomic E-state index is 0.299. The van der Waals surface area contributed by atoms with Crippen LogP contribution in [0.2, 0.25) is 0 Å². The number of aromatic nitrogens is 4. The number of aryl methyl sites for hydroxylation is 1. The molecule has 1 fully saturated rings. The Labute approximate surface area is 177 Å². The Morgan fingerprint density at radius 1 is 1.23 bits per heavy atom. The van der Waals surface area contributed by atoms with E-state index in [2.05, 4.69) is 38.2 Å². The van der Waals surface area contributed by atoms with Crippen molar-refractivity contribution < 1.29 is 0 Å². The van der Waals surface area contributed by atoms with E-state index in [9.17, 15) is 0 Å². The number of nitrogens with one attached hydrogen (secondary N) is 2. The lowest BCUT2D eigenvalue weighted by atomic mass is 10.1. The molecular weight excluding hydrogens is 374 g/mol. The largest absolute Gasteiger partial charge is 0.345 e. The second-order valence-corrected chi connectivity index (χ2v) is 7.70. The first-order valence-corrected chi connectivity index (χ1v) is 10.6. The average molecular weight is 402 g/mol. The van der Waals surface area contributed by atoms with Crippen LogP contribution in [0.25, 0.3) is 0 Å². The summed E-state index contributed by atoms with van der Waals surface area (Å²) in [6.45, 7) is 4.13. The maximum absolute atomic E-state index is 8.89. The van der Waals surface area contributed by atoms with Gasteiger partial charge in [0.15, 0.2) is 0 Å². The zero-order valence-corrected chi connectivity index (χ0v) is 17.3. The number of rotatable bonds is 8. The summed E-state index contributed by atoms with van der Waals surface area (Å²) in [6.07, 6.45) is 9.26. The summed E-state index contributed by atoms with van der Waals surface area (Å²) in [7, 11) is 0. The Hall–Kier alpha value is -3.24. The first-order chi connectivity index (χ1) is 14.7. The third kappa shape index (κ3) is 4.84. The molecule has 7 nitrogen and oxygen atoms in total. The van der Waals surface area contributed by atoms with Crippen molar-refractivity contribution in [2.75, 3.05) is 11.9 Å². The van der Waals surface area contributed by atoms with Crippen molar-refractivity contribution in [2.24, 2.45) is 0 Å². The first-order valence-electron chi connectivity index (χ1n) is 10.6. The van der Waals surface area contributed by atoms with Crippen molar-refractivity contribution >= 4 is 11.5 Å². The van der Waals surface area contributed by atoms with E-state index in [0.29, 0.717) is 11.7 Å². The van der Waals surface area contributed by atoms with Gasteiger partial charge >= 0.3 is 0 Å². The number of imidazole rings is 1. The topological polar surface area (TPSA) is 93.5 Å². The van der Waals surface area contributed by atoms with Gasteiger partial charge in [-0.25, -0.2) is 15.0 Å². The number of unbranched alkanes of at least 4 members (excludes halogenated alkanes) is 1. The van der Waals surface area contributed by atoms with Gasteiger partial charge in [-0.3, -0.25) is 4.90 Å². The van der Waals surface area contributed by atoms with E-state index < -0.39 is 0 Å². The van der Waals surface area contributed by atoms with Crippen molar-refractivity contribution in [2.45, 2.75) is 51.6 Å². The fourth-order valence-corrected chi connectivity index (χ4v) is 3.91. The van der Waals surface area contributed by atoms with Crippen LogP contribution in [0.4, 0.5) is 11.5 Å². The van der Waals surface area contributed by atoms with Gasteiger partial charge in [0.1, 0.15) is 23.4 Å². The number of nitrogens with zero attached hydrogens (tertiary/aromatic N) is 5. The molecular formula is C23H27N7. The Balaban J connectivity index is 1.44. The Morgan fingerprint density at radius 3 is 2.97 bits per heavy atom. The molecule has 1 aliphatic heterocycles. The molecule has 0 unspecified atom stereocenters. The van der Waals surface area contributed by atoms with Crippen LogP contribution in [0.1, 0.15) is 61.6 Å². The lowest BCUT2D eigenvalue weighted by Crippen LogP contribution is -2.23. The minimum Gasteiger partial charge on any atom is -0.345 e. The summed E-state index contributed by atoms with van der Waals surface area (Å²) in [5, 5.41) is 12.2. The third-order valence-corrected chi connectivity index (χ3v) is 5.45. The SMILES string of the molecule is CCCCc1ncc(CN2CCC[C@@H]2c2cccc(Nc3ccc(C#N)nc3)n2)[nH]1. The highest BCUT2D eigenvalue weighted by Crippen LogP contribution is 2.32. The second kappa shape index (κ2) is 9.51. The third-order valence-electron chi connectivity index (χ3n) is 5.45. The highest BCUT2D eigenvalue weighted by Gasteiger charge is 2.27. The molecule has 3 aromatic heterocycles. The van der Waals surface area contributed by atoms with Gasteiger partial charge in [-0.2, -0.15) is 5.26 Å². The van der Waals surface area contributed by atoms with Gasteiger partial charge in [-0.05, 0) is 50.1 Å². The molecule has 4 heterocycles. The molecule has 4 rings (SSSR count). The highest BCUT2D eigenvalue weighted by molar-refractivity contribution is 5.55. The van der Waals surface area contributed by atoms with Crippen LogP contribution >= 0.6 is 0 Å². The van der Waals surface area contributed by atoms with E-state index in [-0.39, 0.29) is 0 Å². The Morgan fingerprint density at radius 2 is 2.17 bits per heavy atom. The van der Waals surface area contributed by atoms with Gasteiger partial charge in [0.05, 0.1) is 23.6 Å². The number of aromatic amines is 1. The van der Waals surface area contributed by atoms with Crippen LogP contribution in [0.15, 0.2) is 42.7 Å². The Bertz CT molecular complexity index is 1000. The number of pyridine rings is 2. The molecule has 1 aliphatic rings. The van der Waals surface area contributed by atoms with Gasteiger partial charge in [0.25, 0.3) is 0 Å². The van der Waals surface area contributed by atoms with Crippen molar-refractivity contribution in [3.05, 3.63) is 65.6 Å². The van der Waals surface area contributed by atoms with Crippen LogP contribution in [-0.4, -0.2) is 31.4 Å². The lowest BCUT2D eigenvalue weighted by Gasteiger charge is -2.23. The number of anilines is 2. The minimum absolute atomic E-state index is 0.299. The van der Waals surface area contributed by atoms with Crippen LogP contribution in [0, 0.1) is 11.3 Å². The maximum Gasteiger partial charge on any atom is 0.140 e. The van der Waals surface area contributed by atoms with Gasteiger partial charge in [0.2, 0.25) is 0 Å². The molecule has 1 atom stereocenters. The smallest absolute Gasteiger partial charge is 0.140 e. The van der Waals surface area contributed by atoms with Crippen molar-refractivity contribution in [3.8, 4) is 6.07 Å². The number of likely N-dealkylation sites (tertiary alicyclic amines) is 1. The van der Waals surface area contributed by atoms with Crippen LogP contribution in [0.5, 0.6) is 0 Å². The van der Waals surface area contributed by atoms with E-state index in [1.165, 1.54) is 18.5 Å². The van der Waals surface area contributed by atoms with E-state index in [0.717, 1.165) is 55.4 Å². The van der Waals surface area contributed by atoms with E-state index in [1.807, 2.05) is 30.5 Å². The summed E-state index contributed by atoms with van der Waals surface area (Å²) >= 11 is 0. The first kappa shape index (κ1) is 20.0. The molecule has 3 aromatic rings. The van der Waals surface area contributed by atoms with E-state index in [4.69, 9.17) is 10.2 Å². The molecule has 0 aliphatic carbocycles. The summed E-state index contributed by atoms with van der Waals surface area (Å²) in [5.74, 6) is 1.87. The molecule has 0 radical (unpaired) electrons. The fraction of sp³-hybridized carbons (Fsp3) is 0.391. The van der Waals surface area contributed by atoms with Gasteiger partial charge in [-0.1, -0.05) is 19.4 Å². The zero-order valence-electron chi connectivity index (χ0n) is 17.3. The predicted molar refractivity (Wildman–Crippen MR) is 116 cm³/mol. The average Bonchev–Trinajstić information content (AvgIpc) is 3.43. The number of hydrogen-bond acceptors (Lipinski definition) is 6. The summed E-state index contributed by atoms with van der Waals surface area (Å²) in [6, 6.07) is 12.0. The normalized spacial score (nSPS) is 16.5. The summed E-state index contributed by atoms with van der Waals surface area (Å²) in [5.41, 5.74) is 3.47. The molecule has 154 valence electrons. The number of hydrogen-bond donors (Lipinski definition) is 2. The molecule has 7 heteroatoms. The molecule has 2 N–H and O–H groups in total. The van der Waals surface area contributed by atoms with Crippen molar-refractivity contribution in [1.82, 2.24) is 24.8 Å². The van der Waals surface area contributed by atoms with Gasteiger partial charge < -0.3 is 10.3 Å². The van der Waals surface area contributed by atoms with Crippen LogP contribution in [0.3, 0.4) is 0 Å². The van der Waals surface area contributed by atoms with Crippen LogP contribution < -0.4 is 5.32 Å².